The third kappa shape index (κ3) is 6.41. The normalized spacial score (nSPS) is 21.2. The minimum absolute atomic E-state index is 0. The zero-order valence-electron chi connectivity index (χ0n) is 20.5. The molecule has 1 unspecified atom stereocenters. The monoisotopic (exact) mass is 568 g/mol. The number of nitrogens with zero attached hydrogens (tertiary/aromatic N) is 2. The molecule has 37 heavy (non-hydrogen) atoms. The predicted octanol–water partition coefficient (Wildman–Crippen LogP) is 3.33. The van der Waals surface area contributed by atoms with Crippen molar-refractivity contribution in [3.8, 4) is 0 Å². The van der Waals surface area contributed by atoms with Crippen LogP contribution >= 0.6 is 24.8 Å². The number of unbranched alkanes of at least 4 members (excludes halogenated alkanes) is 1. The number of benzene rings is 1. The number of likely N-dealkylation sites (tertiary alicyclic amines) is 1. The highest BCUT2D eigenvalue weighted by Gasteiger charge is 2.41. The zero-order chi connectivity index (χ0) is 24.4. The standard InChI is InChI=1S/C26H32N4O4S.2ClH/c31-26(22-17-21-18-28-24-10-6-9-23(30(21)24)25(22)35(32,33)34)27-13-4-5-14-29-15-11-20(12-16-29)19-7-2-1-3-8-19;;/h1-3,6-10,17,20-21,28H,4-5,11-16,18H2,(H,27,31)(H,32,33,34);2*1H. The van der Waals surface area contributed by atoms with Crippen molar-refractivity contribution in [2.24, 2.45) is 0 Å². The molecule has 0 radical (unpaired) electrons. The third-order valence-corrected chi connectivity index (χ3v) is 8.18. The molecule has 4 aliphatic heterocycles. The highest BCUT2D eigenvalue weighted by Crippen LogP contribution is 2.37. The molecule has 4 aliphatic rings. The lowest BCUT2D eigenvalue weighted by Crippen LogP contribution is -2.38. The minimum Gasteiger partial charge on any atom is -0.369 e. The van der Waals surface area contributed by atoms with E-state index >= 15 is 0 Å². The van der Waals surface area contributed by atoms with Crippen molar-refractivity contribution in [3.05, 3.63) is 82.2 Å². The molecule has 3 N–H and O–H groups in total. The fourth-order valence-electron chi connectivity index (χ4n) is 5.47. The lowest BCUT2D eigenvalue weighted by Gasteiger charge is -2.33. The second kappa shape index (κ2) is 12.5. The Labute approximate surface area is 231 Å². The average molecular weight is 570 g/mol. The van der Waals surface area contributed by atoms with Crippen LogP contribution in [-0.4, -0.2) is 67.4 Å². The molecule has 2 saturated heterocycles. The van der Waals surface area contributed by atoms with E-state index in [2.05, 4.69) is 45.9 Å². The van der Waals surface area contributed by atoms with Crippen molar-refractivity contribution in [3.63, 3.8) is 0 Å². The van der Waals surface area contributed by atoms with E-state index in [9.17, 15) is 17.8 Å². The summed E-state index contributed by atoms with van der Waals surface area (Å²) in [7, 11) is -4.59. The van der Waals surface area contributed by atoms with Gasteiger partial charge in [0.25, 0.3) is 16.0 Å². The number of carbonyl (C=O) groups excluding carboxylic acids is 1. The molecule has 1 amide bonds. The van der Waals surface area contributed by atoms with E-state index in [-0.39, 0.29) is 41.3 Å². The van der Waals surface area contributed by atoms with Crippen molar-refractivity contribution in [2.75, 3.05) is 32.7 Å². The van der Waals surface area contributed by atoms with Crippen LogP contribution in [0.1, 0.15) is 37.2 Å². The van der Waals surface area contributed by atoms with Crippen LogP contribution in [0.5, 0.6) is 0 Å². The molecule has 0 saturated carbocycles. The summed E-state index contributed by atoms with van der Waals surface area (Å²) in [5.74, 6) is 0.931. The molecular formula is C26H34Cl2N4O4S. The van der Waals surface area contributed by atoms with E-state index in [0.29, 0.717) is 24.7 Å². The summed E-state index contributed by atoms with van der Waals surface area (Å²) >= 11 is 0. The second-order valence-corrected chi connectivity index (χ2v) is 10.8. The van der Waals surface area contributed by atoms with Gasteiger partial charge in [0.05, 0.1) is 17.3 Å². The first-order chi connectivity index (χ1) is 16.9. The molecule has 0 spiro atoms. The molecule has 202 valence electrons. The van der Waals surface area contributed by atoms with Gasteiger partial charge in [-0.1, -0.05) is 36.4 Å². The van der Waals surface area contributed by atoms with E-state index in [1.807, 2.05) is 6.08 Å². The highest BCUT2D eigenvalue weighted by molar-refractivity contribution is 7.90. The molecule has 0 bridgehead atoms. The van der Waals surface area contributed by atoms with Crippen molar-refractivity contribution < 1.29 is 17.8 Å². The fraction of sp³-hybridized carbons (Fsp3) is 0.423. The Kier molecular flexibility index (Phi) is 9.88. The lowest BCUT2D eigenvalue weighted by molar-refractivity contribution is -0.117. The Hall–Kier alpha value is -2.30. The highest BCUT2D eigenvalue weighted by atomic mass is 35.5. The van der Waals surface area contributed by atoms with Gasteiger partial charge in [0.15, 0.2) is 0 Å². The predicted molar refractivity (Wildman–Crippen MR) is 149 cm³/mol. The van der Waals surface area contributed by atoms with Gasteiger partial charge in [-0.25, -0.2) is 0 Å². The number of rotatable bonds is 8. The number of hydrogen-bond acceptors (Lipinski definition) is 6. The summed E-state index contributed by atoms with van der Waals surface area (Å²) in [4.78, 5) is 16.9. The Morgan fingerprint density at radius 1 is 1.11 bits per heavy atom. The van der Waals surface area contributed by atoms with Crippen molar-refractivity contribution in [1.29, 1.82) is 0 Å². The molecule has 1 aromatic rings. The number of hydrogen-bond donors (Lipinski definition) is 3. The van der Waals surface area contributed by atoms with Gasteiger partial charge < -0.3 is 20.4 Å². The Bertz CT molecular complexity index is 1210. The zero-order valence-corrected chi connectivity index (χ0v) is 23.0. The van der Waals surface area contributed by atoms with E-state index in [0.717, 1.165) is 38.3 Å². The SMILES string of the molecule is Cl.Cl.O=C(NCCCCN1CCC(c2ccccc2)CC1)C1=CC2CNC3=CC=CC(=C1S(=O)(=O)O)N32. The number of allylic oxidation sites excluding steroid dienone is 3. The first kappa shape index (κ1) is 29.3. The number of carbonyl (C=O) groups is 1. The largest absolute Gasteiger partial charge is 0.369 e. The van der Waals surface area contributed by atoms with Crippen molar-refractivity contribution in [1.82, 2.24) is 20.4 Å². The van der Waals surface area contributed by atoms with Crippen LogP contribution in [0.15, 0.2) is 76.6 Å². The van der Waals surface area contributed by atoms with Crippen molar-refractivity contribution in [2.45, 2.75) is 37.6 Å². The Morgan fingerprint density at radius 3 is 2.54 bits per heavy atom. The van der Waals surface area contributed by atoms with Crippen LogP contribution in [0.3, 0.4) is 0 Å². The lowest BCUT2D eigenvalue weighted by atomic mass is 9.89. The van der Waals surface area contributed by atoms with E-state index in [1.165, 1.54) is 18.4 Å². The second-order valence-electron chi connectivity index (χ2n) is 9.49. The number of halogens is 2. The number of piperidine rings is 1. The summed E-state index contributed by atoms with van der Waals surface area (Å²) < 4.78 is 34.4. The summed E-state index contributed by atoms with van der Waals surface area (Å²) in [6.07, 6.45) is 10.9. The van der Waals surface area contributed by atoms with E-state index in [1.54, 1.807) is 23.1 Å². The van der Waals surface area contributed by atoms with Crippen LogP contribution in [0.25, 0.3) is 0 Å². The van der Waals surface area contributed by atoms with Gasteiger partial charge in [0.1, 0.15) is 10.7 Å². The molecule has 2 fully saturated rings. The smallest absolute Gasteiger partial charge is 0.297 e. The maximum Gasteiger partial charge on any atom is 0.297 e. The number of amides is 1. The fourth-order valence-corrected chi connectivity index (χ4v) is 6.34. The summed E-state index contributed by atoms with van der Waals surface area (Å²) in [5, 5.41) is 6.07. The van der Waals surface area contributed by atoms with Crippen LogP contribution in [0.2, 0.25) is 0 Å². The third-order valence-electron chi connectivity index (χ3n) is 7.24. The average Bonchev–Trinajstić information content (AvgIpc) is 3.28. The van der Waals surface area contributed by atoms with Crippen LogP contribution < -0.4 is 10.6 Å². The quantitative estimate of drug-likeness (QED) is 0.326. The number of nitrogens with one attached hydrogen (secondary N) is 2. The molecule has 0 aromatic heterocycles. The first-order valence-electron chi connectivity index (χ1n) is 12.3. The summed E-state index contributed by atoms with van der Waals surface area (Å²) in [6.45, 7) is 4.18. The molecule has 4 heterocycles. The van der Waals surface area contributed by atoms with Gasteiger partial charge in [0, 0.05) is 13.1 Å². The molecule has 1 aromatic carbocycles. The Balaban J connectivity index is 0.00000190. The molecule has 0 aliphatic carbocycles. The molecular weight excluding hydrogens is 535 g/mol. The van der Waals surface area contributed by atoms with Crippen molar-refractivity contribution >= 4 is 40.8 Å². The van der Waals surface area contributed by atoms with Gasteiger partial charge in [-0.05, 0) is 75.0 Å². The Morgan fingerprint density at radius 2 is 1.84 bits per heavy atom. The molecule has 11 heteroatoms. The molecule has 1 atom stereocenters. The van der Waals surface area contributed by atoms with Gasteiger partial charge in [-0.15, -0.1) is 24.8 Å². The first-order valence-corrected chi connectivity index (χ1v) is 13.8. The van der Waals surface area contributed by atoms with Crippen LogP contribution in [0.4, 0.5) is 0 Å². The van der Waals surface area contributed by atoms with Crippen LogP contribution in [0, 0.1) is 0 Å². The van der Waals surface area contributed by atoms with Crippen LogP contribution in [-0.2, 0) is 14.9 Å². The van der Waals surface area contributed by atoms with Gasteiger partial charge in [-0.2, -0.15) is 8.42 Å². The molecule has 8 nitrogen and oxygen atoms in total. The van der Waals surface area contributed by atoms with Gasteiger partial charge in [-0.3, -0.25) is 9.35 Å². The maximum absolute atomic E-state index is 13.0. The van der Waals surface area contributed by atoms with E-state index < -0.39 is 16.0 Å². The maximum atomic E-state index is 13.0. The minimum atomic E-state index is -4.59. The van der Waals surface area contributed by atoms with E-state index in [4.69, 9.17) is 0 Å². The summed E-state index contributed by atoms with van der Waals surface area (Å²) in [5.41, 5.74) is 1.77. The van der Waals surface area contributed by atoms with Gasteiger partial charge >= 0.3 is 0 Å². The summed E-state index contributed by atoms with van der Waals surface area (Å²) in [6, 6.07) is 10.5. The topological polar surface area (TPSA) is 102 Å². The van der Waals surface area contributed by atoms with Gasteiger partial charge in [0.2, 0.25) is 0 Å². The molecule has 5 rings (SSSR count).